The number of ether oxygens (including phenoxy) is 1. The predicted molar refractivity (Wildman–Crippen MR) is 93.1 cm³/mol. The molecule has 1 aliphatic carbocycles. The summed E-state index contributed by atoms with van der Waals surface area (Å²) in [6.45, 7) is 3.13. The molecule has 1 N–H and O–H groups in total. The van der Waals surface area contributed by atoms with E-state index < -0.39 is 5.82 Å². The smallest absolute Gasteiger partial charge is 0.165 e. The maximum absolute atomic E-state index is 13.4. The van der Waals surface area contributed by atoms with Crippen LogP contribution in [0.2, 0.25) is 0 Å². The van der Waals surface area contributed by atoms with Gasteiger partial charge in [-0.2, -0.15) is 0 Å². The van der Waals surface area contributed by atoms with Gasteiger partial charge in [0.25, 0.3) is 0 Å². The second-order valence-corrected chi connectivity index (χ2v) is 7.22. The number of hydrogen-bond donors (Lipinski definition) is 1. The molecule has 0 spiro atoms. The predicted octanol–water partition coefficient (Wildman–Crippen LogP) is 3.26. The molecule has 4 rings (SSSR count). The van der Waals surface area contributed by atoms with Crippen LogP contribution in [0.1, 0.15) is 18.4 Å². The Labute approximate surface area is 147 Å². The fraction of sp³-hybridized carbons (Fsp3) is 0.450. The molecule has 2 aliphatic rings. The molecule has 5 heteroatoms. The summed E-state index contributed by atoms with van der Waals surface area (Å²) in [6, 6.07) is 8.53. The summed E-state index contributed by atoms with van der Waals surface area (Å²) in [5.74, 6) is 1.43. The Morgan fingerprint density at radius 1 is 1.20 bits per heavy atom. The van der Waals surface area contributed by atoms with E-state index in [0.717, 1.165) is 50.2 Å². The van der Waals surface area contributed by atoms with Gasteiger partial charge < -0.3 is 14.7 Å². The van der Waals surface area contributed by atoms with E-state index in [1.807, 2.05) is 12.1 Å². The molecular weight excluding hydrogens is 319 g/mol. The molecule has 25 heavy (non-hydrogen) atoms. The van der Waals surface area contributed by atoms with Crippen LogP contribution < -0.4 is 4.74 Å². The van der Waals surface area contributed by atoms with E-state index in [4.69, 9.17) is 4.74 Å². The molecule has 4 nitrogen and oxygen atoms in total. The molecular formula is C20H23FN2O2. The van der Waals surface area contributed by atoms with E-state index in [0.29, 0.717) is 17.9 Å². The van der Waals surface area contributed by atoms with Crippen molar-refractivity contribution < 1.29 is 14.2 Å². The normalized spacial score (nSPS) is 25.9. The third-order valence-electron chi connectivity index (χ3n) is 5.45. The zero-order valence-corrected chi connectivity index (χ0v) is 14.1. The van der Waals surface area contributed by atoms with Gasteiger partial charge in [0, 0.05) is 25.8 Å². The Kier molecular flexibility index (Phi) is 4.57. The lowest BCUT2D eigenvalue weighted by atomic mass is 10.0. The number of aromatic nitrogens is 1. The largest absolute Gasteiger partial charge is 0.505 e. The van der Waals surface area contributed by atoms with Crippen LogP contribution >= 0.6 is 0 Å². The van der Waals surface area contributed by atoms with Crippen LogP contribution in [0.15, 0.2) is 42.7 Å². The van der Waals surface area contributed by atoms with Crippen molar-refractivity contribution in [3.63, 3.8) is 0 Å². The van der Waals surface area contributed by atoms with E-state index in [9.17, 15) is 9.50 Å². The number of halogens is 1. The lowest BCUT2D eigenvalue weighted by molar-refractivity contribution is 0.185. The number of benzene rings is 1. The van der Waals surface area contributed by atoms with E-state index in [-0.39, 0.29) is 5.75 Å². The summed E-state index contributed by atoms with van der Waals surface area (Å²) in [6.07, 6.45) is 6.85. The molecule has 0 radical (unpaired) electrons. The van der Waals surface area contributed by atoms with Gasteiger partial charge >= 0.3 is 0 Å². The topological polar surface area (TPSA) is 45.6 Å². The van der Waals surface area contributed by atoms with Crippen molar-refractivity contribution in [1.82, 2.24) is 9.88 Å². The van der Waals surface area contributed by atoms with Gasteiger partial charge in [0.2, 0.25) is 0 Å². The van der Waals surface area contributed by atoms with Gasteiger partial charge in [-0.1, -0.05) is 6.07 Å². The van der Waals surface area contributed by atoms with Gasteiger partial charge in [-0.25, -0.2) is 4.39 Å². The van der Waals surface area contributed by atoms with Crippen LogP contribution in [0.5, 0.6) is 11.5 Å². The zero-order chi connectivity index (χ0) is 17.2. The summed E-state index contributed by atoms with van der Waals surface area (Å²) in [4.78, 5) is 6.57. The molecule has 1 saturated carbocycles. The van der Waals surface area contributed by atoms with E-state index in [1.54, 1.807) is 18.5 Å². The summed E-state index contributed by atoms with van der Waals surface area (Å²) in [5.41, 5.74) is 0.935. The second kappa shape index (κ2) is 7.00. The molecule has 1 saturated heterocycles. The lowest BCUT2D eigenvalue weighted by Crippen LogP contribution is -2.26. The minimum Gasteiger partial charge on any atom is -0.505 e. The highest BCUT2D eigenvalue weighted by molar-refractivity contribution is 5.28. The Bertz CT molecular complexity index is 711. The van der Waals surface area contributed by atoms with Crippen molar-refractivity contribution in [2.24, 2.45) is 11.8 Å². The zero-order valence-electron chi connectivity index (χ0n) is 14.1. The number of likely N-dealkylation sites (tertiary alicyclic amines) is 1. The molecule has 2 aromatic rings. The molecule has 1 unspecified atom stereocenters. The standard InChI is InChI=1S/C20H23FN2O2/c21-19-8-14(3-4-20(19)24)5-7-23-12-15-9-18(10-16(15)13-23)25-17-2-1-6-22-11-17/h1-4,6,8,11,15-16,18,24H,5,7,9-10,12-13H2/t15-,16+,18?. The van der Waals surface area contributed by atoms with Gasteiger partial charge in [-0.15, -0.1) is 0 Å². The highest BCUT2D eigenvalue weighted by atomic mass is 19.1. The maximum atomic E-state index is 13.4. The first kappa shape index (κ1) is 16.3. The number of rotatable bonds is 5. The molecule has 0 bridgehead atoms. The minimum absolute atomic E-state index is 0.279. The lowest BCUT2D eigenvalue weighted by Gasteiger charge is -2.19. The molecule has 0 amide bonds. The molecule has 2 fully saturated rings. The van der Waals surface area contributed by atoms with Crippen molar-refractivity contribution in [2.75, 3.05) is 19.6 Å². The van der Waals surface area contributed by atoms with Crippen molar-refractivity contribution in [2.45, 2.75) is 25.4 Å². The summed E-state index contributed by atoms with van der Waals surface area (Å²) in [7, 11) is 0. The maximum Gasteiger partial charge on any atom is 0.165 e. The highest BCUT2D eigenvalue weighted by Gasteiger charge is 2.41. The highest BCUT2D eigenvalue weighted by Crippen LogP contribution is 2.39. The number of aromatic hydroxyl groups is 1. The molecule has 3 atom stereocenters. The first-order chi connectivity index (χ1) is 12.2. The second-order valence-electron chi connectivity index (χ2n) is 7.22. The monoisotopic (exact) mass is 342 g/mol. The first-order valence-electron chi connectivity index (χ1n) is 8.94. The fourth-order valence-corrected chi connectivity index (χ4v) is 4.22. The van der Waals surface area contributed by atoms with Crippen LogP contribution in [0.25, 0.3) is 0 Å². The van der Waals surface area contributed by atoms with E-state index in [2.05, 4.69) is 9.88 Å². The summed E-state index contributed by atoms with van der Waals surface area (Å²) in [5, 5.41) is 9.26. The number of fused-ring (bicyclic) bond motifs is 1. The molecule has 132 valence electrons. The van der Waals surface area contributed by atoms with Gasteiger partial charge in [0.15, 0.2) is 11.6 Å². The fourth-order valence-electron chi connectivity index (χ4n) is 4.22. The van der Waals surface area contributed by atoms with Crippen LogP contribution in [0, 0.1) is 17.7 Å². The van der Waals surface area contributed by atoms with E-state index in [1.165, 1.54) is 12.1 Å². The van der Waals surface area contributed by atoms with Gasteiger partial charge in [-0.05, 0) is 60.9 Å². The third-order valence-corrected chi connectivity index (χ3v) is 5.45. The van der Waals surface area contributed by atoms with Gasteiger partial charge in [-0.3, -0.25) is 4.98 Å². The molecule has 1 aromatic heterocycles. The van der Waals surface area contributed by atoms with Crippen LogP contribution in [-0.2, 0) is 6.42 Å². The number of pyridine rings is 1. The van der Waals surface area contributed by atoms with Crippen molar-refractivity contribution in [1.29, 1.82) is 0 Å². The quantitative estimate of drug-likeness (QED) is 0.906. The summed E-state index contributed by atoms with van der Waals surface area (Å²) >= 11 is 0. The number of phenols is 1. The van der Waals surface area contributed by atoms with Gasteiger partial charge in [0.05, 0.1) is 12.3 Å². The number of hydrogen-bond acceptors (Lipinski definition) is 4. The summed E-state index contributed by atoms with van der Waals surface area (Å²) < 4.78 is 19.5. The Balaban J connectivity index is 1.26. The average Bonchev–Trinajstić information content (AvgIpc) is 3.15. The van der Waals surface area contributed by atoms with Crippen LogP contribution in [0.3, 0.4) is 0 Å². The number of nitrogens with zero attached hydrogens (tertiary/aromatic N) is 2. The SMILES string of the molecule is Oc1ccc(CCN2C[C@H]3CC(Oc4cccnc4)C[C@H]3C2)cc1F. The molecule has 1 aromatic carbocycles. The van der Waals surface area contributed by atoms with Crippen LogP contribution in [0.4, 0.5) is 4.39 Å². The Hall–Kier alpha value is -2.14. The van der Waals surface area contributed by atoms with Crippen molar-refractivity contribution in [3.05, 3.63) is 54.1 Å². The molecule has 1 aliphatic heterocycles. The Morgan fingerprint density at radius 2 is 2.00 bits per heavy atom. The number of phenolic OH excluding ortho intramolecular Hbond substituents is 1. The van der Waals surface area contributed by atoms with Crippen LogP contribution in [-0.4, -0.2) is 40.7 Å². The van der Waals surface area contributed by atoms with Gasteiger partial charge in [0.1, 0.15) is 5.75 Å². The Morgan fingerprint density at radius 3 is 2.68 bits per heavy atom. The minimum atomic E-state index is -0.536. The van der Waals surface area contributed by atoms with Crippen molar-refractivity contribution >= 4 is 0 Å². The van der Waals surface area contributed by atoms with E-state index >= 15 is 0 Å². The first-order valence-corrected chi connectivity index (χ1v) is 8.94. The van der Waals surface area contributed by atoms with Crippen molar-refractivity contribution in [3.8, 4) is 11.5 Å². The third kappa shape index (κ3) is 3.76. The molecule has 2 heterocycles. The average molecular weight is 342 g/mol.